The Kier molecular flexibility index (Phi) is 4.18. The number of hydrogen-bond acceptors (Lipinski definition) is 7. The maximum absolute atomic E-state index is 10.9. The number of anilines is 1. The first-order valence-electron chi connectivity index (χ1n) is 7.93. The number of furan rings is 1. The Balaban J connectivity index is 1.59. The molecule has 4 N–H and O–H groups in total. The molecule has 0 bridgehead atoms. The summed E-state index contributed by atoms with van der Waals surface area (Å²) >= 11 is 0. The molecule has 10 nitrogen and oxygen atoms in total. The third-order valence-corrected chi connectivity index (χ3v) is 4.53. The lowest BCUT2D eigenvalue weighted by Crippen LogP contribution is -2.29. The topological polar surface area (TPSA) is 140 Å². The second kappa shape index (κ2) is 6.54. The van der Waals surface area contributed by atoms with E-state index in [1.165, 1.54) is 0 Å². The van der Waals surface area contributed by atoms with Crippen LogP contribution in [0, 0.1) is 0 Å². The van der Waals surface area contributed by atoms with E-state index < -0.39 is 10.3 Å². The van der Waals surface area contributed by atoms with E-state index in [4.69, 9.17) is 14.8 Å². The Bertz CT molecular complexity index is 1090. The average molecular weight is 388 g/mol. The van der Waals surface area contributed by atoms with Gasteiger partial charge < -0.3 is 9.43 Å². The molecule has 1 aliphatic heterocycles. The molecule has 140 valence electrons. The van der Waals surface area contributed by atoms with Crippen LogP contribution in [0.25, 0.3) is 5.57 Å². The van der Waals surface area contributed by atoms with E-state index >= 15 is 0 Å². The Hall–Kier alpha value is -3.15. The summed E-state index contributed by atoms with van der Waals surface area (Å²) < 4.78 is 39.7. The minimum absolute atomic E-state index is 0.262. The molecule has 0 fully saturated rings. The van der Waals surface area contributed by atoms with Gasteiger partial charge in [-0.15, -0.1) is 5.10 Å². The third-order valence-electron chi connectivity index (χ3n) is 4.04. The Labute approximate surface area is 154 Å². The number of hydrogen-bond donors (Lipinski definition) is 3. The van der Waals surface area contributed by atoms with Crippen molar-refractivity contribution in [2.45, 2.75) is 13.1 Å². The highest BCUT2D eigenvalue weighted by Gasteiger charge is 2.25. The number of nitrogens with one attached hydrogen (secondary N) is 1. The van der Waals surface area contributed by atoms with Crippen molar-refractivity contribution in [2.24, 2.45) is 5.84 Å². The standard InChI is InChI=1S/C16H16N6O4S/c17-21-9-13(15-2-1-7-26-15)16-14(10-21)22(20-18-16)8-11-3-5-12(6-4-11)19-27(23,24)25/h1-7,9,19H,8,10,17H2,(H,23,24,25). The first-order chi connectivity index (χ1) is 12.9. The van der Waals surface area contributed by atoms with Gasteiger partial charge in [0.1, 0.15) is 11.5 Å². The van der Waals surface area contributed by atoms with Gasteiger partial charge in [-0.1, -0.05) is 17.3 Å². The van der Waals surface area contributed by atoms with E-state index in [1.807, 2.05) is 10.8 Å². The van der Waals surface area contributed by atoms with Crippen molar-refractivity contribution < 1.29 is 17.4 Å². The molecule has 3 heterocycles. The predicted molar refractivity (Wildman–Crippen MR) is 96.3 cm³/mol. The van der Waals surface area contributed by atoms with Crippen molar-refractivity contribution in [3.63, 3.8) is 0 Å². The number of benzene rings is 1. The van der Waals surface area contributed by atoms with Gasteiger partial charge in [0.15, 0.2) is 0 Å². The van der Waals surface area contributed by atoms with Gasteiger partial charge in [-0.2, -0.15) is 8.42 Å². The van der Waals surface area contributed by atoms with Gasteiger partial charge in [0.2, 0.25) is 0 Å². The first-order valence-corrected chi connectivity index (χ1v) is 9.37. The van der Waals surface area contributed by atoms with Crippen molar-refractivity contribution in [1.29, 1.82) is 0 Å². The molecule has 0 unspecified atom stereocenters. The molecule has 1 aliphatic rings. The summed E-state index contributed by atoms with van der Waals surface area (Å²) in [6.07, 6.45) is 3.34. The molecule has 0 saturated carbocycles. The molecule has 0 atom stereocenters. The molecule has 1 aromatic carbocycles. The Morgan fingerprint density at radius 3 is 2.70 bits per heavy atom. The average Bonchev–Trinajstić information content (AvgIpc) is 3.25. The molecule has 0 amide bonds. The quantitative estimate of drug-likeness (QED) is 0.438. The number of nitrogens with two attached hydrogens (primary N) is 1. The van der Waals surface area contributed by atoms with Gasteiger partial charge in [0.05, 0.1) is 36.3 Å². The smallest absolute Gasteiger partial charge is 0.357 e. The number of aromatic nitrogens is 3. The largest absolute Gasteiger partial charge is 0.464 e. The molecule has 0 saturated heterocycles. The number of hydrazine groups is 1. The summed E-state index contributed by atoms with van der Waals surface area (Å²) in [7, 11) is -4.30. The zero-order valence-corrected chi connectivity index (χ0v) is 14.8. The fourth-order valence-electron chi connectivity index (χ4n) is 2.88. The summed E-state index contributed by atoms with van der Waals surface area (Å²) in [5.74, 6) is 6.66. The van der Waals surface area contributed by atoms with Gasteiger partial charge in [0, 0.05) is 6.20 Å². The molecular formula is C16H16N6O4S. The highest BCUT2D eigenvalue weighted by atomic mass is 32.2. The maximum Gasteiger partial charge on any atom is 0.357 e. The Morgan fingerprint density at radius 1 is 1.26 bits per heavy atom. The van der Waals surface area contributed by atoms with Crippen molar-refractivity contribution in [2.75, 3.05) is 4.72 Å². The summed E-state index contributed by atoms with van der Waals surface area (Å²) in [6.45, 7) is 0.864. The van der Waals surface area contributed by atoms with Crippen LogP contribution in [-0.2, 0) is 23.4 Å². The van der Waals surface area contributed by atoms with Crippen molar-refractivity contribution in [3.8, 4) is 0 Å². The van der Waals surface area contributed by atoms with Crippen LogP contribution in [0.2, 0.25) is 0 Å². The second-order valence-electron chi connectivity index (χ2n) is 6.01. The summed E-state index contributed by atoms with van der Waals surface area (Å²) in [5.41, 5.74) is 3.44. The minimum atomic E-state index is -4.30. The van der Waals surface area contributed by atoms with Crippen molar-refractivity contribution in [1.82, 2.24) is 20.0 Å². The van der Waals surface area contributed by atoms with E-state index in [0.717, 1.165) is 16.8 Å². The summed E-state index contributed by atoms with van der Waals surface area (Å²) in [4.78, 5) is 0. The molecule has 0 radical (unpaired) electrons. The highest BCUT2D eigenvalue weighted by molar-refractivity contribution is 7.87. The van der Waals surface area contributed by atoms with Crippen LogP contribution in [-0.4, -0.2) is 33.0 Å². The highest BCUT2D eigenvalue weighted by Crippen LogP contribution is 2.29. The predicted octanol–water partition coefficient (Wildman–Crippen LogP) is 1.21. The van der Waals surface area contributed by atoms with Crippen LogP contribution in [0.1, 0.15) is 22.7 Å². The monoisotopic (exact) mass is 388 g/mol. The number of nitrogens with zero attached hydrogens (tertiary/aromatic N) is 4. The maximum atomic E-state index is 10.9. The van der Waals surface area contributed by atoms with E-state index in [2.05, 4.69) is 10.3 Å². The minimum Gasteiger partial charge on any atom is -0.464 e. The van der Waals surface area contributed by atoms with E-state index in [-0.39, 0.29) is 5.69 Å². The Morgan fingerprint density at radius 2 is 2.04 bits per heavy atom. The normalized spacial score (nSPS) is 14.0. The molecule has 3 aromatic rings. The van der Waals surface area contributed by atoms with Crippen LogP contribution in [0.4, 0.5) is 5.69 Å². The fraction of sp³-hybridized carbons (Fsp3) is 0.125. The van der Waals surface area contributed by atoms with E-state index in [0.29, 0.717) is 24.5 Å². The lowest BCUT2D eigenvalue weighted by atomic mass is 10.1. The second-order valence-corrected chi connectivity index (χ2v) is 7.16. The van der Waals surface area contributed by atoms with Crippen LogP contribution in [0.3, 0.4) is 0 Å². The van der Waals surface area contributed by atoms with Crippen molar-refractivity contribution >= 4 is 21.6 Å². The molecule has 0 spiro atoms. The number of rotatable bonds is 5. The summed E-state index contributed by atoms with van der Waals surface area (Å²) in [5, 5.41) is 10.0. The summed E-state index contributed by atoms with van der Waals surface area (Å²) in [6, 6.07) is 10.2. The van der Waals surface area contributed by atoms with Crippen LogP contribution in [0.5, 0.6) is 0 Å². The van der Waals surface area contributed by atoms with Crippen LogP contribution >= 0.6 is 0 Å². The van der Waals surface area contributed by atoms with Gasteiger partial charge in [0.25, 0.3) is 0 Å². The molecule has 11 heteroatoms. The fourth-order valence-corrected chi connectivity index (χ4v) is 3.32. The van der Waals surface area contributed by atoms with Crippen LogP contribution < -0.4 is 10.6 Å². The molecule has 0 aliphatic carbocycles. The lowest BCUT2D eigenvalue weighted by Gasteiger charge is -2.21. The lowest BCUT2D eigenvalue weighted by molar-refractivity contribution is 0.365. The van der Waals surface area contributed by atoms with Crippen molar-refractivity contribution in [3.05, 3.63) is 71.6 Å². The third kappa shape index (κ3) is 3.69. The zero-order valence-electron chi connectivity index (χ0n) is 14.0. The van der Waals surface area contributed by atoms with Gasteiger partial charge in [-0.3, -0.25) is 9.27 Å². The first kappa shape index (κ1) is 17.3. The van der Waals surface area contributed by atoms with E-state index in [1.54, 1.807) is 52.5 Å². The SMILES string of the molecule is NN1C=C(c2ccco2)c2nnn(Cc3ccc(NS(=O)(=O)O)cc3)c2C1. The van der Waals surface area contributed by atoms with Crippen LogP contribution in [0.15, 0.2) is 53.3 Å². The zero-order chi connectivity index (χ0) is 19.0. The van der Waals surface area contributed by atoms with Gasteiger partial charge >= 0.3 is 10.3 Å². The molecule has 4 rings (SSSR count). The van der Waals surface area contributed by atoms with Gasteiger partial charge in [-0.05, 0) is 29.8 Å². The number of fused-ring (bicyclic) bond motifs is 1. The van der Waals surface area contributed by atoms with E-state index in [9.17, 15) is 8.42 Å². The molecule has 2 aromatic heterocycles. The van der Waals surface area contributed by atoms with Gasteiger partial charge in [-0.25, -0.2) is 10.5 Å². The molecular weight excluding hydrogens is 372 g/mol. The molecule has 27 heavy (non-hydrogen) atoms.